The number of phenols is 2. The molecule has 1 aromatic carbocycles. The van der Waals surface area contributed by atoms with Crippen molar-refractivity contribution in [3.05, 3.63) is 33.9 Å². The summed E-state index contributed by atoms with van der Waals surface area (Å²) < 4.78 is 19.9. The fourth-order valence-electron chi connectivity index (χ4n) is 2.47. The molecule has 0 aliphatic carbocycles. The molecule has 0 heterocycles. The number of hydrogen-bond acceptors (Lipinski definition) is 12. The third kappa shape index (κ3) is 10.1. The third-order valence-corrected chi connectivity index (χ3v) is 4.05. The van der Waals surface area contributed by atoms with Gasteiger partial charge in [-0.15, -0.1) is 10.1 Å². The zero-order valence-electron chi connectivity index (χ0n) is 17.9. The first-order valence-electron chi connectivity index (χ1n) is 9.75. The van der Waals surface area contributed by atoms with Crippen LogP contribution in [-0.2, 0) is 35.0 Å². The highest BCUT2D eigenvalue weighted by molar-refractivity contribution is 5.81. The van der Waals surface area contributed by atoms with Crippen molar-refractivity contribution in [3.8, 4) is 11.5 Å². The summed E-state index contributed by atoms with van der Waals surface area (Å²) in [5.41, 5.74) is -0.763. The molecule has 0 aliphatic rings. The third-order valence-electron chi connectivity index (χ3n) is 4.05. The average Bonchev–Trinajstić information content (AvgIpc) is 2.72. The van der Waals surface area contributed by atoms with E-state index in [4.69, 9.17) is 18.9 Å². The Labute approximate surface area is 184 Å². The van der Waals surface area contributed by atoms with Crippen LogP contribution in [0.1, 0.15) is 25.8 Å². The van der Waals surface area contributed by atoms with Crippen molar-refractivity contribution in [1.29, 1.82) is 0 Å². The number of benzene rings is 1. The van der Waals surface area contributed by atoms with E-state index < -0.39 is 22.8 Å². The molecule has 0 saturated carbocycles. The maximum Gasteiger partial charge on any atom is 0.509 e. The second kappa shape index (κ2) is 13.9. The van der Waals surface area contributed by atoms with Crippen LogP contribution in [0.5, 0.6) is 11.5 Å². The molecule has 3 N–H and O–H groups in total. The lowest BCUT2D eigenvalue weighted by Crippen LogP contribution is -2.53. The maximum atomic E-state index is 12.4. The smallest absolute Gasteiger partial charge is 0.504 e. The Kier molecular flexibility index (Phi) is 11.6. The van der Waals surface area contributed by atoms with Crippen LogP contribution in [0.25, 0.3) is 0 Å². The first kappa shape index (κ1) is 26.7. The van der Waals surface area contributed by atoms with E-state index in [0.29, 0.717) is 12.0 Å². The van der Waals surface area contributed by atoms with E-state index in [-0.39, 0.29) is 57.7 Å². The summed E-state index contributed by atoms with van der Waals surface area (Å²) in [6.07, 6.45) is -0.613. The summed E-state index contributed by atoms with van der Waals surface area (Å²) in [5.74, 6) is -1.22. The Morgan fingerprint density at radius 3 is 2.50 bits per heavy atom. The Hall–Kier alpha value is -3.32. The van der Waals surface area contributed by atoms with Gasteiger partial charge in [0.15, 0.2) is 11.5 Å². The summed E-state index contributed by atoms with van der Waals surface area (Å²) in [5, 5.41) is 30.9. The topological polar surface area (TPSA) is 176 Å². The molecule has 13 heteroatoms. The number of carbonyl (C=O) groups is 2. The lowest BCUT2D eigenvalue weighted by Gasteiger charge is -2.28. The van der Waals surface area contributed by atoms with Gasteiger partial charge in [-0.3, -0.25) is 10.1 Å². The zero-order valence-corrected chi connectivity index (χ0v) is 17.9. The number of esters is 1. The highest BCUT2D eigenvalue weighted by atomic mass is 16.9. The van der Waals surface area contributed by atoms with Gasteiger partial charge in [0.2, 0.25) is 0 Å². The summed E-state index contributed by atoms with van der Waals surface area (Å²) in [6, 6.07) is 4.14. The summed E-state index contributed by atoms with van der Waals surface area (Å²) >= 11 is 0. The Morgan fingerprint density at radius 2 is 1.84 bits per heavy atom. The van der Waals surface area contributed by atoms with Gasteiger partial charge >= 0.3 is 12.1 Å². The lowest BCUT2D eigenvalue weighted by molar-refractivity contribution is -0.757. The lowest BCUT2D eigenvalue weighted by atomic mass is 9.92. The van der Waals surface area contributed by atoms with Crippen LogP contribution in [0, 0.1) is 10.1 Å². The number of nitrogens with one attached hydrogen (secondary N) is 1. The van der Waals surface area contributed by atoms with E-state index in [1.807, 2.05) is 0 Å². The standard InChI is InChI=1S/C19H28N2O11/c1-3-29-17(24)19(2,12-14-5-6-15(22)16(23)11-14)20-13-31-18(25)30-10-9-28-7-4-8-32-21(26)27/h5-6,11,20,22-23H,3-4,7-10,12-13H2,1-2H3. The van der Waals surface area contributed by atoms with E-state index in [1.165, 1.54) is 18.2 Å². The first-order valence-corrected chi connectivity index (χ1v) is 9.75. The average molecular weight is 460 g/mol. The number of nitrogens with zero attached hydrogens (tertiary/aromatic N) is 1. The summed E-state index contributed by atoms with van der Waals surface area (Å²) in [6.45, 7) is 3.02. The van der Waals surface area contributed by atoms with Crippen molar-refractivity contribution in [2.45, 2.75) is 32.2 Å². The second-order valence-electron chi connectivity index (χ2n) is 6.64. The number of rotatable bonds is 15. The van der Waals surface area contributed by atoms with Crippen molar-refractivity contribution < 1.29 is 48.7 Å². The minimum atomic E-state index is -1.30. The normalized spacial score (nSPS) is 12.4. The van der Waals surface area contributed by atoms with Gasteiger partial charge < -0.3 is 34.0 Å². The van der Waals surface area contributed by atoms with Gasteiger partial charge in [0.05, 0.1) is 19.8 Å². The predicted molar refractivity (Wildman–Crippen MR) is 107 cm³/mol. The van der Waals surface area contributed by atoms with Crippen molar-refractivity contribution in [1.82, 2.24) is 5.32 Å². The molecule has 1 unspecified atom stereocenters. The van der Waals surface area contributed by atoms with Crippen LogP contribution in [0.3, 0.4) is 0 Å². The molecule has 180 valence electrons. The molecule has 13 nitrogen and oxygen atoms in total. The molecular formula is C19H28N2O11. The molecule has 0 aliphatic heterocycles. The molecule has 32 heavy (non-hydrogen) atoms. The number of ether oxygens (including phenoxy) is 4. The molecule has 0 aromatic heterocycles. The minimum absolute atomic E-state index is 0.0614. The van der Waals surface area contributed by atoms with Crippen molar-refractivity contribution in [3.63, 3.8) is 0 Å². The van der Waals surface area contributed by atoms with E-state index in [1.54, 1.807) is 13.8 Å². The van der Waals surface area contributed by atoms with Gasteiger partial charge in [0.25, 0.3) is 5.09 Å². The van der Waals surface area contributed by atoms with Crippen molar-refractivity contribution >= 4 is 12.1 Å². The molecule has 0 saturated heterocycles. The molecule has 0 spiro atoms. The second-order valence-corrected chi connectivity index (χ2v) is 6.64. The monoisotopic (exact) mass is 460 g/mol. The van der Waals surface area contributed by atoms with Crippen LogP contribution in [-0.4, -0.2) is 72.7 Å². The fraction of sp³-hybridized carbons (Fsp3) is 0.579. The van der Waals surface area contributed by atoms with Gasteiger partial charge in [0, 0.05) is 13.0 Å². The summed E-state index contributed by atoms with van der Waals surface area (Å²) in [7, 11) is 0. The van der Waals surface area contributed by atoms with E-state index in [0.717, 1.165) is 0 Å². The predicted octanol–water partition coefficient (Wildman–Crippen LogP) is 1.28. The first-order chi connectivity index (χ1) is 15.2. The van der Waals surface area contributed by atoms with Gasteiger partial charge in [0.1, 0.15) is 18.9 Å². The zero-order chi connectivity index (χ0) is 24.0. The highest BCUT2D eigenvalue weighted by Gasteiger charge is 2.35. The Balaban J connectivity index is 2.41. The van der Waals surface area contributed by atoms with Gasteiger partial charge in [-0.05, 0) is 38.0 Å². The quantitative estimate of drug-likeness (QED) is 0.0854. The molecule has 0 radical (unpaired) electrons. The molecule has 1 atom stereocenters. The molecular weight excluding hydrogens is 432 g/mol. The molecule has 0 amide bonds. The highest BCUT2D eigenvalue weighted by Crippen LogP contribution is 2.27. The molecule has 0 fully saturated rings. The number of phenolic OH excluding ortho intramolecular Hbond substituents is 2. The van der Waals surface area contributed by atoms with E-state index in [2.05, 4.69) is 10.2 Å². The van der Waals surface area contributed by atoms with Gasteiger partial charge in [-0.2, -0.15) is 0 Å². The largest absolute Gasteiger partial charge is 0.509 e. The van der Waals surface area contributed by atoms with Crippen LogP contribution in [0.4, 0.5) is 4.79 Å². The van der Waals surface area contributed by atoms with E-state index in [9.17, 15) is 29.9 Å². The fourth-order valence-corrected chi connectivity index (χ4v) is 2.47. The maximum absolute atomic E-state index is 12.4. The van der Waals surface area contributed by atoms with Gasteiger partial charge in [-0.1, -0.05) is 6.07 Å². The van der Waals surface area contributed by atoms with Crippen LogP contribution >= 0.6 is 0 Å². The number of aromatic hydroxyl groups is 2. The molecule has 1 rings (SSSR count). The van der Waals surface area contributed by atoms with Crippen molar-refractivity contribution in [2.75, 3.05) is 39.8 Å². The minimum Gasteiger partial charge on any atom is -0.504 e. The van der Waals surface area contributed by atoms with E-state index >= 15 is 0 Å². The number of carbonyl (C=O) groups excluding carboxylic acids is 2. The summed E-state index contributed by atoms with van der Waals surface area (Å²) in [4.78, 5) is 38.2. The van der Waals surface area contributed by atoms with Crippen LogP contribution < -0.4 is 5.32 Å². The SMILES string of the molecule is CCOC(=O)C(C)(Cc1ccc(O)c(O)c1)NCOC(=O)OCCOCCCO[N+](=O)[O-]. The van der Waals surface area contributed by atoms with Crippen molar-refractivity contribution in [2.24, 2.45) is 0 Å². The number of hydrogen-bond donors (Lipinski definition) is 3. The Bertz CT molecular complexity index is 759. The molecule has 0 bridgehead atoms. The van der Waals surface area contributed by atoms with Crippen LogP contribution in [0.15, 0.2) is 18.2 Å². The Morgan fingerprint density at radius 1 is 1.09 bits per heavy atom. The van der Waals surface area contributed by atoms with Crippen LogP contribution in [0.2, 0.25) is 0 Å². The van der Waals surface area contributed by atoms with Gasteiger partial charge in [-0.25, -0.2) is 4.79 Å². The molecule has 1 aromatic rings.